The van der Waals surface area contributed by atoms with Gasteiger partial charge in [0.25, 0.3) is 5.91 Å². The Kier molecular flexibility index (Phi) is 6.12. The Labute approximate surface area is 181 Å². The number of halogens is 2. The van der Waals surface area contributed by atoms with Crippen molar-refractivity contribution >= 4 is 40.1 Å². The molecule has 1 saturated carbocycles. The second-order valence-corrected chi connectivity index (χ2v) is 8.52. The number of hydrogen-bond donors (Lipinski definition) is 0. The number of fused-ring (bicyclic) bond motifs is 1. The predicted molar refractivity (Wildman–Crippen MR) is 119 cm³/mol. The van der Waals surface area contributed by atoms with Gasteiger partial charge in [0.05, 0.1) is 28.2 Å². The lowest BCUT2D eigenvalue weighted by atomic mass is 10.2. The number of rotatable bonds is 6. The van der Waals surface area contributed by atoms with Crippen molar-refractivity contribution in [2.45, 2.75) is 51.6 Å². The topological polar surface area (TPSA) is 38.1 Å². The van der Waals surface area contributed by atoms with Crippen molar-refractivity contribution in [2.24, 2.45) is 0 Å². The van der Waals surface area contributed by atoms with E-state index in [9.17, 15) is 4.79 Å². The van der Waals surface area contributed by atoms with Gasteiger partial charge >= 0.3 is 0 Å². The van der Waals surface area contributed by atoms with Crippen molar-refractivity contribution in [2.75, 3.05) is 6.54 Å². The van der Waals surface area contributed by atoms with Crippen LogP contribution in [0, 0.1) is 0 Å². The molecule has 1 aliphatic carbocycles. The molecule has 1 fully saturated rings. The average Bonchev–Trinajstić information content (AvgIpc) is 3.36. The zero-order valence-electron chi connectivity index (χ0n) is 16.6. The van der Waals surface area contributed by atoms with Gasteiger partial charge in [-0.25, -0.2) is 4.98 Å². The normalized spacial score (nSPS) is 14.6. The highest BCUT2D eigenvalue weighted by molar-refractivity contribution is 6.35. The summed E-state index contributed by atoms with van der Waals surface area (Å²) in [6.07, 6.45) is 5.66. The number of imidazole rings is 1. The monoisotopic (exact) mass is 429 g/mol. The Morgan fingerprint density at radius 3 is 2.69 bits per heavy atom. The second-order valence-electron chi connectivity index (χ2n) is 7.68. The molecule has 0 unspecified atom stereocenters. The van der Waals surface area contributed by atoms with E-state index in [2.05, 4.69) is 23.6 Å². The van der Waals surface area contributed by atoms with Crippen LogP contribution in [0.25, 0.3) is 11.0 Å². The number of para-hydroxylation sites is 2. The van der Waals surface area contributed by atoms with E-state index in [4.69, 9.17) is 28.2 Å². The SMILES string of the molecule is CCCN(Cc1nc2ccccc2n1C1CCCC1)C(=O)c1cc(Cl)ccc1Cl. The van der Waals surface area contributed by atoms with Crippen LogP contribution < -0.4 is 0 Å². The Balaban J connectivity index is 1.71. The zero-order valence-corrected chi connectivity index (χ0v) is 18.1. The van der Waals surface area contributed by atoms with E-state index >= 15 is 0 Å². The molecule has 3 aromatic rings. The van der Waals surface area contributed by atoms with Gasteiger partial charge < -0.3 is 9.47 Å². The van der Waals surface area contributed by atoms with Gasteiger partial charge in [0.15, 0.2) is 0 Å². The Hall–Kier alpha value is -2.04. The summed E-state index contributed by atoms with van der Waals surface area (Å²) in [6.45, 7) is 3.16. The number of hydrogen-bond acceptors (Lipinski definition) is 2. The van der Waals surface area contributed by atoms with Crippen LogP contribution in [-0.2, 0) is 6.54 Å². The summed E-state index contributed by atoms with van der Waals surface area (Å²) in [4.78, 5) is 20.0. The molecule has 29 heavy (non-hydrogen) atoms. The van der Waals surface area contributed by atoms with Gasteiger partial charge in [-0.05, 0) is 49.6 Å². The summed E-state index contributed by atoms with van der Waals surface area (Å²) in [5, 5.41) is 0.928. The molecular weight excluding hydrogens is 405 g/mol. The molecule has 0 radical (unpaired) electrons. The van der Waals surface area contributed by atoms with Crippen LogP contribution in [0.5, 0.6) is 0 Å². The highest BCUT2D eigenvalue weighted by Crippen LogP contribution is 2.34. The fraction of sp³-hybridized carbons (Fsp3) is 0.391. The summed E-state index contributed by atoms with van der Waals surface area (Å²) < 4.78 is 2.36. The van der Waals surface area contributed by atoms with E-state index in [-0.39, 0.29) is 5.91 Å². The van der Waals surface area contributed by atoms with E-state index < -0.39 is 0 Å². The van der Waals surface area contributed by atoms with Crippen LogP contribution in [-0.4, -0.2) is 26.9 Å². The second kappa shape index (κ2) is 8.76. The molecule has 4 rings (SSSR count). The molecule has 1 aromatic heterocycles. The minimum absolute atomic E-state index is 0.107. The number of nitrogens with zero attached hydrogens (tertiary/aromatic N) is 3. The summed E-state index contributed by atoms with van der Waals surface area (Å²) in [7, 11) is 0. The zero-order chi connectivity index (χ0) is 20.4. The van der Waals surface area contributed by atoms with Crippen molar-refractivity contribution in [3.63, 3.8) is 0 Å². The maximum atomic E-state index is 13.3. The van der Waals surface area contributed by atoms with Crippen LogP contribution in [0.2, 0.25) is 10.0 Å². The van der Waals surface area contributed by atoms with E-state index in [1.807, 2.05) is 17.0 Å². The first kappa shape index (κ1) is 20.2. The number of aromatic nitrogens is 2. The summed E-state index contributed by atoms with van der Waals surface area (Å²) in [5.74, 6) is 0.836. The number of carbonyl (C=O) groups is 1. The Bertz CT molecular complexity index is 1020. The molecule has 1 heterocycles. The van der Waals surface area contributed by atoms with E-state index in [1.54, 1.807) is 18.2 Å². The molecule has 0 N–H and O–H groups in total. The summed E-state index contributed by atoms with van der Waals surface area (Å²) in [6, 6.07) is 13.7. The van der Waals surface area contributed by atoms with E-state index in [1.165, 1.54) is 12.8 Å². The van der Waals surface area contributed by atoms with E-state index in [0.29, 0.717) is 34.7 Å². The van der Waals surface area contributed by atoms with Gasteiger partial charge in [-0.3, -0.25) is 4.79 Å². The van der Waals surface area contributed by atoms with Gasteiger partial charge in [-0.15, -0.1) is 0 Å². The summed E-state index contributed by atoms with van der Waals surface area (Å²) in [5.41, 5.74) is 2.58. The number of benzene rings is 2. The van der Waals surface area contributed by atoms with Gasteiger partial charge in [0, 0.05) is 17.6 Å². The lowest BCUT2D eigenvalue weighted by molar-refractivity contribution is 0.0736. The fourth-order valence-electron chi connectivity index (χ4n) is 4.30. The van der Waals surface area contributed by atoms with E-state index in [0.717, 1.165) is 36.1 Å². The van der Waals surface area contributed by atoms with Crippen molar-refractivity contribution in [1.82, 2.24) is 14.5 Å². The van der Waals surface area contributed by atoms with Crippen LogP contribution in [0.4, 0.5) is 0 Å². The molecule has 0 aliphatic heterocycles. The maximum absolute atomic E-state index is 13.3. The van der Waals surface area contributed by atoms with Crippen LogP contribution in [0.15, 0.2) is 42.5 Å². The summed E-state index contributed by atoms with van der Waals surface area (Å²) >= 11 is 12.4. The van der Waals surface area contributed by atoms with Crippen molar-refractivity contribution in [3.8, 4) is 0 Å². The smallest absolute Gasteiger partial charge is 0.255 e. The first-order valence-electron chi connectivity index (χ1n) is 10.3. The fourth-order valence-corrected chi connectivity index (χ4v) is 4.67. The average molecular weight is 430 g/mol. The molecule has 152 valence electrons. The third-order valence-corrected chi connectivity index (χ3v) is 6.20. The van der Waals surface area contributed by atoms with Crippen LogP contribution >= 0.6 is 23.2 Å². The van der Waals surface area contributed by atoms with Gasteiger partial charge in [-0.2, -0.15) is 0 Å². The molecule has 0 spiro atoms. The molecule has 1 aliphatic rings. The molecule has 1 amide bonds. The Morgan fingerprint density at radius 1 is 1.17 bits per heavy atom. The molecule has 0 saturated heterocycles. The predicted octanol–water partition coefficient (Wildman–Crippen LogP) is 6.51. The Morgan fingerprint density at radius 2 is 1.93 bits per heavy atom. The van der Waals surface area contributed by atoms with Gasteiger partial charge in [-0.1, -0.05) is 55.1 Å². The van der Waals surface area contributed by atoms with Crippen molar-refractivity contribution in [1.29, 1.82) is 0 Å². The minimum Gasteiger partial charge on any atom is -0.331 e. The molecule has 0 bridgehead atoms. The van der Waals surface area contributed by atoms with Crippen molar-refractivity contribution < 1.29 is 4.79 Å². The third-order valence-electron chi connectivity index (χ3n) is 5.63. The van der Waals surface area contributed by atoms with Crippen molar-refractivity contribution in [3.05, 3.63) is 63.9 Å². The highest BCUT2D eigenvalue weighted by atomic mass is 35.5. The maximum Gasteiger partial charge on any atom is 0.255 e. The molecule has 2 aromatic carbocycles. The molecule has 6 heteroatoms. The highest BCUT2D eigenvalue weighted by Gasteiger charge is 2.26. The standard InChI is InChI=1S/C23H25Cl2N3O/c1-2-13-27(23(29)18-14-16(24)11-12-19(18)25)15-22-26-20-9-5-6-10-21(20)28(22)17-7-3-4-8-17/h5-6,9-12,14,17H,2-4,7-8,13,15H2,1H3. The number of amides is 1. The minimum atomic E-state index is -0.107. The lowest BCUT2D eigenvalue weighted by Gasteiger charge is -2.24. The molecule has 4 nitrogen and oxygen atoms in total. The third kappa shape index (κ3) is 4.15. The van der Waals surface area contributed by atoms with Crippen LogP contribution in [0.3, 0.4) is 0 Å². The first-order chi connectivity index (χ1) is 14.1. The quantitative estimate of drug-likeness (QED) is 0.447. The van der Waals surface area contributed by atoms with Gasteiger partial charge in [0.2, 0.25) is 0 Å². The molecular formula is C23H25Cl2N3O. The lowest BCUT2D eigenvalue weighted by Crippen LogP contribution is -2.33. The largest absolute Gasteiger partial charge is 0.331 e. The molecule has 0 atom stereocenters. The first-order valence-corrected chi connectivity index (χ1v) is 11.0. The number of carbonyl (C=O) groups excluding carboxylic acids is 1. The van der Waals surface area contributed by atoms with Gasteiger partial charge in [0.1, 0.15) is 5.82 Å². The van der Waals surface area contributed by atoms with Crippen LogP contribution in [0.1, 0.15) is 61.3 Å².